The lowest BCUT2D eigenvalue weighted by Gasteiger charge is -2.31. The van der Waals surface area contributed by atoms with Gasteiger partial charge in [-0.3, -0.25) is 5.10 Å². The van der Waals surface area contributed by atoms with E-state index in [0.29, 0.717) is 11.9 Å². The molecule has 1 unspecified atom stereocenters. The van der Waals surface area contributed by atoms with Crippen LogP contribution in [-0.4, -0.2) is 48.0 Å². The molecule has 1 saturated heterocycles. The highest BCUT2D eigenvalue weighted by Gasteiger charge is 2.30. The first kappa shape index (κ1) is 14.1. The number of halogens is 3. The lowest BCUT2D eigenvalue weighted by molar-refractivity contribution is -0.128. The Bertz CT molecular complexity index is 401. The highest BCUT2D eigenvalue weighted by Crippen LogP contribution is 2.22. The Morgan fingerprint density at radius 1 is 1.47 bits per heavy atom. The van der Waals surface area contributed by atoms with Gasteiger partial charge in [-0.15, -0.1) is 5.10 Å². The summed E-state index contributed by atoms with van der Waals surface area (Å²) in [5.41, 5.74) is 0. The molecule has 0 radical (unpaired) electrons. The molecule has 0 aromatic carbocycles. The van der Waals surface area contributed by atoms with Crippen molar-refractivity contribution in [2.24, 2.45) is 5.92 Å². The molecule has 1 aliphatic rings. The molecule has 1 atom stereocenters. The number of alkyl halides is 3. The maximum absolute atomic E-state index is 12.2. The number of piperidine rings is 1. The molecule has 0 saturated carbocycles. The fourth-order valence-electron chi connectivity index (χ4n) is 2.40. The molecule has 0 spiro atoms. The van der Waals surface area contributed by atoms with Crippen LogP contribution in [0, 0.1) is 5.92 Å². The molecule has 0 aliphatic carbocycles. The minimum Gasteiger partial charge on any atom is -0.339 e. The summed E-state index contributed by atoms with van der Waals surface area (Å²) in [5, 5.41) is 9.38. The van der Waals surface area contributed by atoms with Crippen LogP contribution in [0.3, 0.4) is 0 Å². The molecule has 8 heteroatoms. The van der Waals surface area contributed by atoms with Crippen LogP contribution in [0.25, 0.3) is 0 Å². The molecule has 1 aliphatic heterocycles. The molecule has 1 fully saturated rings. The van der Waals surface area contributed by atoms with Crippen molar-refractivity contribution in [2.75, 3.05) is 31.6 Å². The van der Waals surface area contributed by atoms with E-state index in [0.717, 1.165) is 32.5 Å². The van der Waals surface area contributed by atoms with Crippen molar-refractivity contribution in [3.8, 4) is 0 Å². The predicted molar refractivity (Wildman–Crippen MR) is 65.0 cm³/mol. The maximum atomic E-state index is 12.2. The highest BCUT2D eigenvalue weighted by molar-refractivity contribution is 5.29. The minimum absolute atomic E-state index is 0.127. The van der Waals surface area contributed by atoms with Crippen molar-refractivity contribution < 1.29 is 13.2 Å². The molecule has 1 aromatic rings. The molecule has 0 amide bonds. The van der Waals surface area contributed by atoms with Gasteiger partial charge in [0.25, 0.3) is 0 Å². The van der Waals surface area contributed by atoms with Crippen molar-refractivity contribution >= 4 is 5.95 Å². The molecule has 5 nitrogen and oxygen atoms in total. The first-order valence-corrected chi connectivity index (χ1v) is 6.35. The molecule has 2 heterocycles. The number of hydrogen-bond acceptors (Lipinski definition) is 4. The van der Waals surface area contributed by atoms with E-state index in [1.165, 1.54) is 0 Å². The monoisotopic (exact) mass is 277 g/mol. The van der Waals surface area contributed by atoms with E-state index in [1.54, 1.807) is 0 Å². The zero-order chi connectivity index (χ0) is 13.9. The zero-order valence-corrected chi connectivity index (χ0v) is 10.8. The van der Waals surface area contributed by atoms with Crippen LogP contribution in [0.1, 0.15) is 18.7 Å². The average molecular weight is 277 g/mol. The summed E-state index contributed by atoms with van der Waals surface area (Å²) in [6, 6.07) is 0. The van der Waals surface area contributed by atoms with E-state index < -0.39 is 12.6 Å². The minimum atomic E-state index is -4.26. The summed E-state index contributed by atoms with van der Waals surface area (Å²) in [5.74, 6) is 0.738. The van der Waals surface area contributed by atoms with Gasteiger partial charge in [0.1, 0.15) is 12.2 Å². The van der Waals surface area contributed by atoms with Gasteiger partial charge in [-0.05, 0) is 32.4 Å². The number of anilines is 1. The highest BCUT2D eigenvalue weighted by atomic mass is 19.4. The Morgan fingerprint density at radius 2 is 2.26 bits per heavy atom. The van der Waals surface area contributed by atoms with Crippen LogP contribution >= 0.6 is 0 Å². The smallest absolute Gasteiger partial charge is 0.339 e. The first-order chi connectivity index (χ1) is 8.98. The van der Waals surface area contributed by atoms with E-state index in [9.17, 15) is 13.2 Å². The lowest BCUT2D eigenvalue weighted by atomic mass is 9.98. The zero-order valence-electron chi connectivity index (χ0n) is 10.8. The van der Waals surface area contributed by atoms with Crippen molar-refractivity contribution in [1.29, 1.82) is 0 Å². The predicted octanol–water partition coefficient (Wildman–Crippen LogP) is 1.35. The van der Waals surface area contributed by atoms with Crippen LogP contribution < -0.4 is 10.2 Å². The Morgan fingerprint density at radius 3 is 2.95 bits per heavy atom. The quantitative estimate of drug-likeness (QED) is 0.872. The summed E-state index contributed by atoms with van der Waals surface area (Å²) >= 11 is 0. The number of H-pyrrole nitrogens is 1. The fourth-order valence-corrected chi connectivity index (χ4v) is 2.40. The van der Waals surface area contributed by atoms with Gasteiger partial charge < -0.3 is 10.2 Å². The van der Waals surface area contributed by atoms with Gasteiger partial charge in [-0.1, -0.05) is 0 Å². The number of nitrogens with one attached hydrogen (secondary N) is 2. The molecular formula is C11H18F3N5. The van der Waals surface area contributed by atoms with Crippen molar-refractivity contribution in [1.82, 2.24) is 20.5 Å². The van der Waals surface area contributed by atoms with E-state index in [2.05, 4.69) is 20.5 Å². The van der Waals surface area contributed by atoms with E-state index in [4.69, 9.17) is 0 Å². The van der Waals surface area contributed by atoms with Crippen LogP contribution in [0.5, 0.6) is 0 Å². The van der Waals surface area contributed by atoms with Gasteiger partial charge in [0.15, 0.2) is 0 Å². The van der Waals surface area contributed by atoms with E-state index in [1.807, 2.05) is 11.9 Å². The average Bonchev–Trinajstić information content (AvgIpc) is 2.76. The standard InChI is InChI=1S/C11H18F3N5/c1-15-6-8-3-2-4-19(7-8)10-16-9(17-18-10)5-11(12,13)14/h8,15H,2-7H2,1H3,(H,16,17,18). The van der Waals surface area contributed by atoms with Gasteiger partial charge in [0, 0.05) is 13.1 Å². The molecule has 1 aromatic heterocycles. The topological polar surface area (TPSA) is 56.8 Å². The Hall–Kier alpha value is -1.31. The normalized spacial score (nSPS) is 20.8. The van der Waals surface area contributed by atoms with Gasteiger partial charge in [-0.2, -0.15) is 18.2 Å². The molecule has 2 N–H and O–H groups in total. The lowest BCUT2D eigenvalue weighted by Crippen LogP contribution is -2.39. The van der Waals surface area contributed by atoms with E-state index >= 15 is 0 Å². The second-order valence-corrected chi connectivity index (χ2v) is 4.89. The second kappa shape index (κ2) is 5.77. The Labute approximate surface area is 109 Å². The SMILES string of the molecule is CNCC1CCCN(c2n[nH]c(CC(F)(F)F)n2)C1. The van der Waals surface area contributed by atoms with Gasteiger partial charge >= 0.3 is 6.18 Å². The number of aromatic nitrogens is 3. The maximum Gasteiger partial charge on any atom is 0.396 e. The van der Waals surface area contributed by atoms with Gasteiger partial charge in [-0.25, -0.2) is 0 Å². The summed E-state index contributed by atoms with van der Waals surface area (Å²) in [6.45, 7) is 2.48. The number of rotatable bonds is 4. The summed E-state index contributed by atoms with van der Waals surface area (Å²) in [7, 11) is 1.90. The number of hydrogen-bond donors (Lipinski definition) is 2. The van der Waals surface area contributed by atoms with Crippen LogP contribution in [0.2, 0.25) is 0 Å². The first-order valence-electron chi connectivity index (χ1n) is 6.35. The summed E-state index contributed by atoms with van der Waals surface area (Å²) in [6.07, 6.45) is -3.19. The summed E-state index contributed by atoms with van der Waals surface area (Å²) in [4.78, 5) is 5.88. The molecule has 108 valence electrons. The third-order valence-electron chi connectivity index (χ3n) is 3.18. The molecular weight excluding hydrogens is 259 g/mol. The van der Waals surface area contributed by atoms with Crippen LogP contribution in [0.4, 0.5) is 19.1 Å². The van der Waals surface area contributed by atoms with Gasteiger partial charge in [0.2, 0.25) is 5.95 Å². The molecule has 0 bridgehead atoms. The number of nitrogens with zero attached hydrogens (tertiary/aromatic N) is 3. The molecule has 2 rings (SSSR count). The van der Waals surface area contributed by atoms with Crippen molar-refractivity contribution in [3.05, 3.63) is 5.82 Å². The van der Waals surface area contributed by atoms with Crippen LogP contribution in [0.15, 0.2) is 0 Å². The van der Waals surface area contributed by atoms with Crippen molar-refractivity contribution in [2.45, 2.75) is 25.4 Å². The fraction of sp³-hybridized carbons (Fsp3) is 0.818. The third kappa shape index (κ3) is 4.09. The second-order valence-electron chi connectivity index (χ2n) is 4.89. The largest absolute Gasteiger partial charge is 0.396 e. The van der Waals surface area contributed by atoms with Gasteiger partial charge in [0.05, 0.1) is 0 Å². The molecule has 19 heavy (non-hydrogen) atoms. The Balaban J connectivity index is 1.98. The van der Waals surface area contributed by atoms with Crippen LogP contribution in [-0.2, 0) is 6.42 Å². The number of aromatic amines is 1. The van der Waals surface area contributed by atoms with Crippen molar-refractivity contribution in [3.63, 3.8) is 0 Å². The van der Waals surface area contributed by atoms with E-state index in [-0.39, 0.29) is 5.82 Å². The third-order valence-corrected chi connectivity index (χ3v) is 3.18. The summed E-state index contributed by atoms with van der Waals surface area (Å²) < 4.78 is 36.7. The Kier molecular flexibility index (Phi) is 4.28.